The average molecular weight is 781 g/mol. The Balaban J connectivity index is 0.000000239. The molecule has 0 aromatic heterocycles. The Kier molecular flexibility index (Phi) is 12.1. The van der Waals surface area contributed by atoms with E-state index in [1.807, 2.05) is 0 Å². The number of hydrogen-bond donors (Lipinski definition) is 0. The van der Waals surface area contributed by atoms with Gasteiger partial charge >= 0.3 is 23.1 Å². The first-order valence-electron chi connectivity index (χ1n) is 17.4. The van der Waals surface area contributed by atoms with Crippen LogP contribution in [0.4, 0.5) is 17.6 Å². The maximum absolute atomic E-state index is 13.7. The van der Waals surface area contributed by atoms with Crippen molar-refractivity contribution >= 4 is 33.0 Å². The SMILES string of the molecule is CC(C)(C)OC(=O)COC12CC3CC(C1)CC(C(=O)OCCC(F)(F)C(F)(F)S(=O)(=O)[O-])(C3)C2.c1ccc([S+](c2ccccc2)c2ccccc2)cc1. The number of benzene rings is 3. The van der Waals surface area contributed by atoms with Crippen molar-refractivity contribution in [2.45, 2.75) is 103 Å². The number of carbonyl (C=O) groups is 2. The van der Waals surface area contributed by atoms with Crippen LogP contribution in [0.15, 0.2) is 106 Å². The van der Waals surface area contributed by atoms with Crippen molar-refractivity contribution in [3.8, 4) is 0 Å². The minimum atomic E-state index is -6.61. The van der Waals surface area contributed by atoms with Gasteiger partial charge in [-0.25, -0.2) is 13.2 Å². The predicted octanol–water partition coefficient (Wildman–Crippen LogP) is 8.17. The molecule has 288 valence electrons. The fourth-order valence-electron chi connectivity index (χ4n) is 8.00. The highest BCUT2D eigenvalue weighted by Crippen LogP contribution is 2.63. The molecular weight excluding hydrogens is 737 g/mol. The summed E-state index contributed by atoms with van der Waals surface area (Å²) in [6.45, 7) is 3.65. The average Bonchev–Trinajstić information content (AvgIpc) is 3.07. The standard InChI is InChI=1S/C21H30F4O8S.C18H15S/c1-17(2,3)33-15(26)11-32-19-9-13-6-14(10-19)8-18(7-13,12-19)16(27)31-5-4-20(22,23)21(24,25)34(28,29)30;1-4-10-16(11-5-1)19(17-12-6-2-7-13-17)18-14-8-3-9-15-18/h13-14H,4-12H2,1-3H3,(H,28,29,30);1-15H/q;+1/p-1. The summed E-state index contributed by atoms with van der Waals surface area (Å²) in [4.78, 5) is 29.1. The molecule has 0 radical (unpaired) electrons. The lowest BCUT2D eigenvalue weighted by molar-refractivity contribution is -0.217. The molecule has 0 amide bonds. The molecule has 3 aromatic rings. The minimum absolute atomic E-state index is 0.0146. The van der Waals surface area contributed by atoms with E-state index in [0.29, 0.717) is 25.7 Å². The third-order valence-corrected chi connectivity index (χ3v) is 12.8. The Bertz CT molecular complexity index is 1710. The first kappa shape index (κ1) is 40.7. The molecule has 53 heavy (non-hydrogen) atoms. The Morgan fingerprint density at radius 3 is 1.66 bits per heavy atom. The van der Waals surface area contributed by atoms with Gasteiger partial charge in [0.15, 0.2) is 24.8 Å². The molecule has 4 saturated carbocycles. The highest BCUT2D eigenvalue weighted by atomic mass is 32.2. The van der Waals surface area contributed by atoms with Crippen molar-refractivity contribution in [2.24, 2.45) is 17.3 Å². The van der Waals surface area contributed by atoms with Gasteiger partial charge in [0, 0.05) is 0 Å². The number of hydrogen-bond acceptors (Lipinski definition) is 8. The molecule has 0 saturated heterocycles. The van der Waals surface area contributed by atoms with E-state index >= 15 is 0 Å². The lowest BCUT2D eigenvalue weighted by atomic mass is 9.48. The second kappa shape index (κ2) is 15.7. The van der Waals surface area contributed by atoms with Crippen molar-refractivity contribution in [2.75, 3.05) is 13.2 Å². The molecule has 4 aliphatic rings. The summed E-state index contributed by atoms with van der Waals surface area (Å²) < 4.78 is 102. The quantitative estimate of drug-likeness (QED) is 0.0782. The van der Waals surface area contributed by atoms with E-state index in [-0.39, 0.29) is 35.8 Å². The van der Waals surface area contributed by atoms with Crippen LogP contribution in [0.3, 0.4) is 0 Å². The maximum atomic E-state index is 13.7. The zero-order valence-corrected chi connectivity index (χ0v) is 31.4. The Hall–Kier alpha value is -3.46. The van der Waals surface area contributed by atoms with Gasteiger partial charge in [-0.1, -0.05) is 54.6 Å². The molecule has 3 aromatic carbocycles. The van der Waals surface area contributed by atoms with Gasteiger partial charge in [-0.3, -0.25) is 4.79 Å². The first-order chi connectivity index (χ1) is 24.7. The topological polar surface area (TPSA) is 119 Å². The maximum Gasteiger partial charge on any atom is 0.396 e. The fourth-order valence-corrected chi connectivity index (χ4v) is 10.6. The summed E-state index contributed by atoms with van der Waals surface area (Å²) >= 11 is 0. The summed E-state index contributed by atoms with van der Waals surface area (Å²) in [5.41, 5.74) is -2.55. The van der Waals surface area contributed by atoms with Crippen molar-refractivity contribution in [3.05, 3.63) is 91.0 Å². The second-order valence-electron chi connectivity index (χ2n) is 15.1. The van der Waals surface area contributed by atoms with Gasteiger partial charge in [0.2, 0.25) is 0 Å². The number of ether oxygens (including phenoxy) is 3. The smallest absolute Gasteiger partial charge is 0.396 e. The lowest BCUT2D eigenvalue weighted by Gasteiger charge is -2.60. The van der Waals surface area contributed by atoms with E-state index in [4.69, 9.17) is 14.2 Å². The third-order valence-electron chi connectivity index (χ3n) is 9.68. The van der Waals surface area contributed by atoms with Crippen molar-refractivity contribution in [1.29, 1.82) is 0 Å². The predicted molar refractivity (Wildman–Crippen MR) is 188 cm³/mol. The van der Waals surface area contributed by atoms with E-state index < -0.39 is 62.9 Å². The van der Waals surface area contributed by atoms with Crippen LogP contribution in [0.5, 0.6) is 0 Å². The largest absolute Gasteiger partial charge is 0.743 e. The van der Waals surface area contributed by atoms with Gasteiger partial charge in [-0.05, 0) is 108 Å². The molecular formula is C39H44F4O8S2. The first-order valence-corrected chi connectivity index (χ1v) is 20.0. The van der Waals surface area contributed by atoms with Gasteiger partial charge in [0.05, 0.1) is 34.9 Å². The van der Waals surface area contributed by atoms with Crippen LogP contribution in [0.2, 0.25) is 0 Å². The van der Waals surface area contributed by atoms with Gasteiger partial charge < -0.3 is 18.8 Å². The fraction of sp³-hybridized carbons (Fsp3) is 0.487. The summed E-state index contributed by atoms with van der Waals surface area (Å²) in [6.07, 6.45) is 1.29. The molecule has 0 N–H and O–H groups in total. The van der Waals surface area contributed by atoms with E-state index in [1.54, 1.807) is 20.8 Å². The number of halogens is 4. The van der Waals surface area contributed by atoms with E-state index in [1.165, 1.54) is 14.7 Å². The summed E-state index contributed by atoms with van der Waals surface area (Å²) in [5, 5.41) is -5.83. The van der Waals surface area contributed by atoms with Crippen LogP contribution in [-0.2, 0) is 44.8 Å². The molecule has 4 aliphatic carbocycles. The zero-order chi connectivity index (χ0) is 38.7. The highest BCUT2D eigenvalue weighted by Gasteiger charge is 2.63. The number of alkyl halides is 4. The summed E-state index contributed by atoms with van der Waals surface area (Å²) in [5.74, 6) is -6.44. The van der Waals surface area contributed by atoms with Crippen LogP contribution in [0, 0.1) is 17.3 Å². The molecule has 14 heteroatoms. The number of esters is 2. The van der Waals surface area contributed by atoms with Gasteiger partial charge in [0.1, 0.15) is 12.2 Å². The van der Waals surface area contributed by atoms with Crippen LogP contribution < -0.4 is 0 Å². The van der Waals surface area contributed by atoms with Gasteiger partial charge in [-0.15, -0.1) is 0 Å². The Labute approximate surface area is 310 Å². The molecule has 0 heterocycles. The third kappa shape index (κ3) is 9.62. The molecule has 2 atom stereocenters. The lowest BCUT2D eigenvalue weighted by Crippen LogP contribution is -2.60. The molecule has 8 nitrogen and oxygen atoms in total. The van der Waals surface area contributed by atoms with Crippen LogP contribution >= 0.6 is 0 Å². The molecule has 0 aliphatic heterocycles. The molecule has 4 bridgehead atoms. The number of rotatable bonds is 12. The summed E-state index contributed by atoms with van der Waals surface area (Å²) in [6, 6.07) is 32.2. The van der Waals surface area contributed by atoms with E-state index in [2.05, 4.69) is 91.0 Å². The van der Waals surface area contributed by atoms with Crippen molar-refractivity contribution in [3.63, 3.8) is 0 Å². The van der Waals surface area contributed by atoms with E-state index in [0.717, 1.165) is 6.42 Å². The molecule has 2 unspecified atom stereocenters. The van der Waals surface area contributed by atoms with Gasteiger partial charge in [0.25, 0.3) is 0 Å². The second-order valence-corrected chi connectivity index (χ2v) is 18.6. The van der Waals surface area contributed by atoms with Gasteiger partial charge in [-0.2, -0.15) is 17.6 Å². The van der Waals surface area contributed by atoms with Crippen molar-refractivity contribution < 1.29 is 54.3 Å². The highest BCUT2D eigenvalue weighted by molar-refractivity contribution is 7.97. The van der Waals surface area contributed by atoms with Crippen LogP contribution in [0.1, 0.15) is 65.7 Å². The van der Waals surface area contributed by atoms with E-state index in [9.17, 15) is 40.1 Å². The zero-order valence-electron chi connectivity index (χ0n) is 29.8. The summed E-state index contributed by atoms with van der Waals surface area (Å²) in [7, 11) is -6.62. The number of carbonyl (C=O) groups excluding carboxylic acids is 2. The van der Waals surface area contributed by atoms with Crippen molar-refractivity contribution in [1.82, 2.24) is 0 Å². The Morgan fingerprint density at radius 2 is 1.25 bits per heavy atom. The molecule has 4 fully saturated rings. The molecule has 7 rings (SSSR count). The minimum Gasteiger partial charge on any atom is -0.743 e. The Morgan fingerprint density at radius 1 is 0.792 bits per heavy atom. The monoisotopic (exact) mass is 780 g/mol. The molecule has 0 spiro atoms. The van der Waals surface area contributed by atoms with Crippen LogP contribution in [0.25, 0.3) is 0 Å². The normalized spacial score (nSPS) is 23.9. The van der Waals surface area contributed by atoms with Crippen LogP contribution in [-0.4, -0.2) is 60.5 Å².